The number of aromatic nitrogens is 1. The summed E-state index contributed by atoms with van der Waals surface area (Å²) in [6, 6.07) is 37.2. The van der Waals surface area contributed by atoms with Crippen molar-refractivity contribution in [3.63, 3.8) is 0 Å². The second-order valence-electron chi connectivity index (χ2n) is 9.75. The van der Waals surface area contributed by atoms with Crippen molar-refractivity contribution in [1.82, 2.24) is 4.98 Å². The molecule has 0 amide bonds. The van der Waals surface area contributed by atoms with Crippen molar-refractivity contribution in [3.8, 4) is 11.1 Å². The van der Waals surface area contributed by atoms with Crippen LogP contribution in [0.1, 0.15) is 17.0 Å². The SMILES string of the molecule is C1=CC2=Nc3ncccc3C2C=C1c1c2ccccc2c(-c2cccc3ccccc23)c2ccccc12. The van der Waals surface area contributed by atoms with Crippen LogP contribution in [-0.4, -0.2) is 10.7 Å². The average molecular weight is 471 g/mol. The number of nitrogens with zero attached hydrogens (tertiary/aromatic N) is 2. The fourth-order valence-electron chi connectivity index (χ4n) is 6.16. The average Bonchev–Trinajstić information content (AvgIpc) is 3.33. The lowest BCUT2D eigenvalue weighted by Gasteiger charge is -2.21. The third-order valence-corrected chi connectivity index (χ3v) is 7.76. The second-order valence-corrected chi connectivity index (χ2v) is 9.75. The molecule has 0 saturated heterocycles. The van der Waals surface area contributed by atoms with Crippen LogP contribution in [0.5, 0.6) is 0 Å². The lowest BCUT2D eigenvalue weighted by atomic mass is 9.81. The minimum Gasteiger partial charge on any atom is -0.237 e. The Morgan fingerprint density at radius 3 is 1.95 bits per heavy atom. The molecule has 37 heavy (non-hydrogen) atoms. The van der Waals surface area contributed by atoms with Crippen LogP contribution in [0.3, 0.4) is 0 Å². The predicted molar refractivity (Wildman–Crippen MR) is 156 cm³/mol. The summed E-state index contributed by atoms with van der Waals surface area (Å²) < 4.78 is 0. The third-order valence-electron chi connectivity index (χ3n) is 7.76. The highest BCUT2D eigenvalue weighted by molar-refractivity contribution is 6.23. The number of rotatable bonds is 2. The van der Waals surface area contributed by atoms with Crippen LogP contribution in [0.15, 0.2) is 133 Å². The summed E-state index contributed by atoms with van der Waals surface area (Å²) >= 11 is 0. The number of aliphatic imine (C=N–C) groups is 1. The van der Waals surface area contributed by atoms with Crippen LogP contribution < -0.4 is 0 Å². The molecule has 0 N–H and O–H groups in total. The number of fused-ring (bicyclic) bond motifs is 6. The van der Waals surface area contributed by atoms with Crippen LogP contribution >= 0.6 is 0 Å². The van der Waals surface area contributed by atoms with Crippen molar-refractivity contribution < 1.29 is 0 Å². The van der Waals surface area contributed by atoms with Crippen molar-refractivity contribution in [3.05, 3.63) is 139 Å². The summed E-state index contributed by atoms with van der Waals surface area (Å²) in [6.07, 6.45) is 8.59. The zero-order chi connectivity index (χ0) is 24.3. The van der Waals surface area contributed by atoms with Gasteiger partial charge in [0.1, 0.15) is 0 Å². The molecule has 5 aromatic carbocycles. The van der Waals surface area contributed by atoms with E-state index in [1.165, 1.54) is 60.1 Å². The Morgan fingerprint density at radius 1 is 0.541 bits per heavy atom. The van der Waals surface area contributed by atoms with Gasteiger partial charge in [-0.2, -0.15) is 0 Å². The quantitative estimate of drug-likeness (QED) is 0.232. The Kier molecular flexibility index (Phi) is 4.32. The van der Waals surface area contributed by atoms with Crippen molar-refractivity contribution in [1.29, 1.82) is 0 Å². The van der Waals surface area contributed by atoms with Gasteiger partial charge in [-0.25, -0.2) is 9.98 Å². The fourth-order valence-corrected chi connectivity index (χ4v) is 6.16. The molecule has 1 unspecified atom stereocenters. The Labute approximate surface area is 215 Å². The normalized spacial score (nSPS) is 16.1. The maximum atomic E-state index is 4.78. The third kappa shape index (κ3) is 2.99. The van der Waals surface area contributed by atoms with Gasteiger partial charge in [0, 0.05) is 17.7 Å². The van der Waals surface area contributed by atoms with E-state index in [9.17, 15) is 0 Å². The van der Waals surface area contributed by atoms with E-state index in [0.29, 0.717) is 0 Å². The van der Waals surface area contributed by atoms with E-state index < -0.39 is 0 Å². The van der Waals surface area contributed by atoms with Gasteiger partial charge >= 0.3 is 0 Å². The van der Waals surface area contributed by atoms with Gasteiger partial charge in [0.05, 0.1) is 5.71 Å². The highest BCUT2D eigenvalue weighted by Gasteiger charge is 2.28. The Bertz CT molecular complexity index is 1930. The van der Waals surface area contributed by atoms with Gasteiger partial charge in [0.2, 0.25) is 0 Å². The fraction of sp³-hybridized carbons (Fsp3) is 0.0286. The molecule has 172 valence electrons. The Hall–Kier alpha value is -4.82. The molecule has 6 aromatic rings. The first-order chi connectivity index (χ1) is 18.4. The van der Waals surface area contributed by atoms with E-state index in [0.717, 1.165) is 11.5 Å². The van der Waals surface area contributed by atoms with Gasteiger partial charge in [0.15, 0.2) is 5.82 Å². The van der Waals surface area contributed by atoms with Crippen LogP contribution in [0.2, 0.25) is 0 Å². The molecule has 2 heteroatoms. The molecule has 0 saturated carbocycles. The molecular weight excluding hydrogens is 448 g/mol. The first kappa shape index (κ1) is 20.4. The molecule has 1 aliphatic heterocycles. The van der Waals surface area contributed by atoms with Crippen molar-refractivity contribution in [2.24, 2.45) is 4.99 Å². The molecule has 1 aliphatic carbocycles. The van der Waals surface area contributed by atoms with Crippen LogP contribution in [0.25, 0.3) is 49.0 Å². The lowest BCUT2D eigenvalue weighted by Crippen LogP contribution is -2.07. The summed E-state index contributed by atoms with van der Waals surface area (Å²) in [5, 5.41) is 7.62. The molecule has 0 spiro atoms. The first-order valence-corrected chi connectivity index (χ1v) is 12.7. The van der Waals surface area contributed by atoms with Gasteiger partial charge in [-0.1, -0.05) is 109 Å². The van der Waals surface area contributed by atoms with Crippen LogP contribution in [-0.2, 0) is 0 Å². The highest BCUT2D eigenvalue weighted by Crippen LogP contribution is 2.46. The Balaban J connectivity index is 1.46. The lowest BCUT2D eigenvalue weighted by molar-refractivity contribution is 1.16. The zero-order valence-electron chi connectivity index (χ0n) is 20.1. The van der Waals surface area contributed by atoms with Gasteiger partial charge < -0.3 is 0 Å². The smallest absolute Gasteiger partial charge is 0.156 e. The summed E-state index contributed by atoms with van der Waals surface area (Å²) in [5.74, 6) is 0.977. The minimum atomic E-state index is 0.138. The van der Waals surface area contributed by atoms with Crippen molar-refractivity contribution >= 4 is 49.4 Å². The van der Waals surface area contributed by atoms with E-state index in [1.807, 2.05) is 12.3 Å². The van der Waals surface area contributed by atoms with E-state index in [2.05, 4.69) is 120 Å². The van der Waals surface area contributed by atoms with E-state index in [1.54, 1.807) is 0 Å². The zero-order valence-corrected chi connectivity index (χ0v) is 20.1. The van der Waals surface area contributed by atoms with E-state index in [4.69, 9.17) is 4.99 Å². The van der Waals surface area contributed by atoms with Gasteiger partial charge in [0.25, 0.3) is 0 Å². The number of pyridine rings is 1. The highest BCUT2D eigenvalue weighted by atomic mass is 14.9. The molecule has 0 fully saturated rings. The summed E-state index contributed by atoms with van der Waals surface area (Å²) in [7, 11) is 0. The maximum Gasteiger partial charge on any atom is 0.156 e. The molecule has 2 nitrogen and oxygen atoms in total. The summed E-state index contributed by atoms with van der Waals surface area (Å²) in [6.45, 7) is 0. The molecule has 2 heterocycles. The number of hydrogen-bond donors (Lipinski definition) is 0. The largest absolute Gasteiger partial charge is 0.237 e. The molecular formula is C35H22N2. The number of benzene rings is 5. The standard InChI is InChI=1S/C35H22N2/c1-2-11-24-22(9-1)10-7-16-25(24)34-28-14-5-3-12-26(28)33(27-13-4-6-15-29(27)34)23-18-19-32-31(21-23)30-17-8-20-36-35(30)37-32/h1-21,31H. The minimum absolute atomic E-state index is 0.138. The predicted octanol–water partition coefficient (Wildman–Crippen LogP) is 9.03. The van der Waals surface area contributed by atoms with E-state index in [-0.39, 0.29) is 5.92 Å². The van der Waals surface area contributed by atoms with Crippen molar-refractivity contribution in [2.75, 3.05) is 0 Å². The monoisotopic (exact) mass is 470 g/mol. The molecule has 0 radical (unpaired) electrons. The van der Waals surface area contributed by atoms with Crippen molar-refractivity contribution in [2.45, 2.75) is 5.92 Å². The second kappa shape index (κ2) is 7.84. The maximum absolute atomic E-state index is 4.78. The van der Waals surface area contributed by atoms with Gasteiger partial charge in [-0.05, 0) is 66.7 Å². The summed E-state index contributed by atoms with van der Waals surface area (Å²) in [4.78, 5) is 9.28. The van der Waals surface area contributed by atoms with Gasteiger partial charge in [-0.3, -0.25) is 0 Å². The number of hydrogen-bond acceptors (Lipinski definition) is 2. The molecule has 2 aliphatic rings. The van der Waals surface area contributed by atoms with Crippen LogP contribution in [0.4, 0.5) is 5.82 Å². The molecule has 0 bridgehead atoms. The summed E-state index contributed by atoms with van der Waals surface area (Å²) in [5.41, 5.74) is 7.33. The first-order valence-electron chi connectivity index (χ1n) is 12.7. The van der Waals surface area contributed by atoms with Crippen LogP contribution in [0, 0.1) is 0 Å². The van der Waals surface area contributed by atoms with E-state index >= 15 is 0 Å². The topological polar surface area (TPSA) is 25.2 Å². The number of allylic oxidation sites excluding steroid dienone is 4. The Morgan fingerprint density at radius 2 is 1.19 bits per heavy atom. The molecule has 1 atom stereocenters. The molecule has 8 rings (SSSR count). The van der Waals surface area contributed by atoms with Gasteiger partial charge in [-0.15, -0.1) is 0 Å². The molecule has 1 aromatic heterocycles.